The highest BCUT2D eigenvalue weighted by Gasteiger charge is 2.33. The van der Waals surface area contributed by atoms with E-state index in [-0.39, 0.29) is 29.5 Å². The molecule has 0 saturated heterocycles. The second kappa shape index (κ2) is 11.8. The third-order valence-electron chi connectivity index (χ3n) is 6.99. The number of aliphatic hydroxyl groups is 1. The number of hydrazine groups is 1. The van der Waals surface area contributed by atoms with Gasteiger partial charge in [-0.25, -0.2) is 19.6 Å². The van der Waals surface area contributed by atoms with E-state index in [0.717, 1.165) is 34.5 Å². The van der Waals surface area contributed by atoms with Crippen LogP contribution in [0.4, 0.5) is 0 Å². The van der Waals surface area contributed by atoms with Crippen LogP contribution in [0.25, 0.3) is 11.1 Å². The van der Waals surface area contributed by atoms with E-state index in [1.165, 1.54) is 0 Å². The Bertz CT molecular complexity index is 1680. The van der Waals surface area contributed by atoms with Crippen LogP contribution in [0.5, 0.6) is 0 Å². The van der Waals surface area contributed by atoms with Gasteiger partial charge in [-0.3, -0.25) is 0 Å². The fraction of sp³-hybridized carbons (Fsp3) is 0.333. The number of hydrogen-bond donors (Lipinski definition) is 3. The van der Waals surface area contributed by atoms with Gasteiger partial charge in [0.25, 0.3) is 0 Å². The highest BCUT2D eigenvalue weighted by molar-refractivity contribution is 6.04. The lowest BCUT2D eigenvalue weighted by Gasteiger charge is -2.18. The predicted molar refractivity (Wildman–Crippen MR) is 153 cm³/mol. The number of nitrogens with two attached hydrogens (primary N) is 1. The number of ether oxygens (including phenoxy) is 1. The van der Waals surface area contributed by atoms with Gasteiger partial charge in [-0.15, -0.1) is 5.53 Å². The van der Waals surface area contributed by atoms with E-state index in [2.05, 4.69) is 21.7 Å². The van der Waals surface area contributed by atoms with E-state index in [1.807, 2.05) is 61.4 Å². The number of quaternary nitrogens is 1. The Morgan fingerprint density at radius 1 is 1.12 bits per heavy atom. The molecule has 0 atom stereocenters. The topological polar surface area (TPSA) is 152 Å². The molecule has 42 heavy (non-hydrogen) atoms. The first-order valence-electron chi connectivity index (χ1n) is 13.7. The van der Waals surface area contributed by atoms with Crippen LogP contribution in [-0.4, -0.2) is 38.5 Å². The third kappa shape index (κ3) is 5.91. The summed E-state index contributed by atoms with van der Waals surface area (Å²) < 4.78 is 17.2. The molecule has 4 N–H and O–H groups in total. The summed E-state index contributed by atoms with van der Waals surface area (Å²) in [5.74, 6) is 0.284. The second-order valence-corrected chi connectivity index (χ2v) is 10.6. The molecule has 12 heteroatoms. The van der Waals surface area contributed by atoms with Gasteiger partial charge in [0.15, 0.2) is 23.8 Å². The Morgan fingerprint density at radius 3 is 2.43 bits per heavy atom. The van der Waals surface area contributed by atoms with Crippen LogP contribution in [-0.2, 0) is 29.9 Å². The summed E-state index contributed by atoms with van der Waals surface area (Å²) in [6, 6.07) is 16.2. The molecule has 0 fully saturated rings. The van der Waals surface area contributed by atoms with Gasteiger partial charge in [-0.1, -0.05) is 55.5 Å². The van der Waals surface area contributed by atoms with Crippen molar-refractivity contribution < 1.29 is 29.0 Å². The number of carbonyl (C=O) groups is 1. The fourth-order valence-electron chi connectivity index (χ4n) is 4.90. The number of esters is 1. The van der Waals surface area contributed by atoms with Crippen molar-refractivity contribution in [2.45, 2.75) is 59.3 Å². The zero-order chi connectivity index (χ0) is 30.0. The van der Waals surface area contributed by atoms with Crippen LogP contribution in [0.3, 0.4) is 0 Å². The van der Waals surface area contributed by atoms with E-state index in [4.69, 9.17) is 13.6 Å². The Kier molecular flexibility index (Phi) is 8.12. The van der Waals surface area contributed by atoms with Crippen molar-refractivity contribution in [2.24, 2.45) is 5.10 Å². The summed E-state index contributed by atoms with van der Waals surface area (Å²) in [7, 11) is 1.91. The van der Waals surface area contributed by atoms with Crippen molar-refractivity contribution in [3.63, 3.8) is 0 Å². The molecule has 1 aliphatic rings. The highest BCUT2D eigenvalue weighted by Crippen LogP contribution is 2.29. The van der Waals surface area contributed by atoms with Crippen LogP contribution in [0.2, 0.25) is 0 Å². The zero-order valence-corrected chi connectivity index (χ0v) is 24.3. The van der Waals surface area contributed by atoms with Crippen molar-refractivity contribution in [1.82, 2.24) is 20.1 Å². The van der Waals surface area contributed by atoms with Crippen molar-refractivity contribution in [3.8, 4) is 11.1 Å². The van der Waals surface area contributed by atoms with Crippen molar-refractivity contribution in [1.29, 1.82) is 0 Å². The lowest BCUT2D eigenvalue weighted by molar-refractivity contribution is -0.724. The normalized spacial score (nSPS) is 13.5. The number of hydrogen-bond acceptors (Lipinski definition) is 10. The molecule has 0 saturated carbocycles. The summed E-state index contributed by atoms with van der Waals surface area (Å²) in [4.78, 5) is 29.6. The molecule has 2 aromatic carbocycles. The Morgan fingerprint density at radius 2 is 1.83 bits per heavy atom. The number of aromatic nitrogens is 2. The second-order valence-electron chi connectivity index (χ2n) is 10.6. The zero-order valence-electron chi connectivity index (χ0n) is 24.3. The summed E-state index contributed by atoms with van der Waals surface area (Å²) in [6.45, 7) is 6.78. The molecule has 0 amide bonds. The van der Waals surface area contributed by atoms with Crippen molar-refractivity contribution >= 4 is 11.8 Å². The lowest BCUT2D eigenvalue weighted by atomic mass is 9.98. The molecule has 0 spiro atoms. The standard InChI is InChI=1S/C30H34N6O6/c1-6-9-24-31-26(30(3,4)39)25(28(37)40-17-23-18(2)41-29(38)42-23)36(24)16-19-12-14-20(15-13-19)21-10-7-8-11-22(21)27-32-33-34-35(27)5/h7-8,10-15,33-34,39H,6,9,16-17H2,1-5H3/p+1. The molecule has 0 aliphatic carbocycles. The fourth-order valence-corrected chi connectivity index (χ4v) is 4.90. The molecule has 1 aliphatic heterocycles. The average molecular weight is 576 g/mol. The summed E-state index contributed by atoms with van der Waals surface area (Å²) in [6.07, 6.45) is 1.38. The van der Waals surface area contributed by atoms with Gasteiger partial charge >= 0.3 is 11.8 Å². The van der Waals surface area contributed by atoms with Gasteiger partial charge in [-0.2, -0.15) is 0 Å². The maximum atomic E-state index is 13.5. The molecular formula is C30H35N6O6+. The van der Waals surface area contributed by atoms with Crippen LogP contribution in [0.15, 0.2) is 67.3 Å². The number of amidine groups is 1. The minimum atomic E-state index is -1.41. The van der Waals surface area contributed by atoms with Gasteiger partial charge in [0.05, 0.1) is 0 Å². The van der Waals surface area contributed by atoms with Gasteiger partial charge in [0.2, 0.25) is 5.84 Å². The quantitative estimate of drug-likeness (QED) is 0.191. The van der Waals surface area contributed by atoms with Crippen LogP contribution < -0.4 is 16.9 Å². The van der Waals surface area contributed by atoms with Crippen molar-refractivity contribution in [2.75, 3.05) is 7.05 Å². The minimum absolute atomic E-state index is 0.123. The van der Waals surface area contributed by atoms with Gasteiger partial charge in [0, 0.05) is 25.6 Å². The van der Waals surface area contributed by atoms with Crippen LogP contribution in [0.1, 0.15) is 71.8 Å². The SMILES string of the molecule is CCCc1nc(C(C)(C)O)c(C(=O)OCc2oc(=O)oc2C)n1Cc1ccc(-c2ccccc2C2=N[NH2+]NN2C)cc1. The van der Waals surface area contributed by atoms with Gasteiger partial charge in [-0.05, 0) is 54.5 Å². The first-order chi connectivity index (χ1) is 20.1. The number of benzene rings is 2. The number of carbonyl (C=O) groups excluding carboxylic acids is 1. The number of rotatable bonds is 10. The Hall–Kier alpha value is -4.52. The van der Waals surface area contributed by atoms with Crippen LogP contribution >= 0.6 is 0 Å². The predicted octanol–water partition coefficient (Wildman–Crippen LogP) is 2.58. The van der Waals surface area contributed by atoms with E-state index in [0.29, 0.717) is 18.8 Å². The van der Waals surface area contributed by atoms with E-state index < -0.39 is 17.4 Å². The molecular weight excluding hydrogens is 540 g/mol. The van der Waals surface area contributed by atoms with E-state index >= 15 is 0 Å². The van der Waals surface area contributed by atoms with Crippen molar-refractivity contribution in [3.05, 3.63) is 99.0 Å². The maximum absolute atomic E-state index is 13.5. The highest BCUT2D eigenvalue weighted by atomic mass is 16.6. The molecule has 0 bridgehead atoms. The molecule has 0 radical (unpaired) electrons. The molecule has 12 nitrogen and oxygen atoms in total. The Labute approximate surface area is 242 Å². The minimum Gasteiger partial charge on any atom is -0.453 e. The smallest absolute Gasteiger partial charge is 0.453 e. The summed E-state index contributed by atoms with van der Waals surface area (Å²) in [5, 5.41) is 17.3. The first kappa shape index (κ1) is 29.0. The molecule has 5 rings (SSSR count). The van der Waals surface area contributed by atoms with Gasteiger partial charge in [0.1, 0.15) is 17.1 Å². The molecule has 0 unspecified atom stereocenters. The summed E-state index contributed by atoms with van der Waals surface area (Å²) >= 11 is 0. The molecule has 220 valence electrons. The molecule has 2 aromatic heterocycles. The molecule has 4 aromatic rings. The number of nitrogens with zero attached hydrogens (tertiary/aromatic N) is 4. The third-order valence-corrected chi connectivity index (χ3v) is 6.99. The van der Waals surface area contributed by atoms with Crippen LogP contribution in [0, 0.1) is 6.92 Å². The Balaban J connectivity index is 1.47. The van der Waals surface area contributed by atoms with Gasteiger partial charge < -0.3 is 23.2 Å². The molecule has 3 heterocycles. The maximum Gasteiger partial charge on any atom is 0.519 e. The number of imidazole rings is 1. The average Bonchev–Trinajstić information content (AvgIpc) is 3.64. The monoisotopic (exact) mass is 575 g/mol. The number of aryl methyl sites for hydroxylation is 2. The lowest BCUT2D eigenvalue weighted by Crippen LogP contribution is -2.87. The first-order valence-corrected chi connectivity index (χ1v) is 13.7. The van der Waals surface area contributed by atoms with E-state index in [1.54, 1.807) is 30.9 Å². The summed E-state index contributed by atoms with van der Waals surface area (Å²) in [5.41, 5.74) is 7.67. The number of nitrogens with one attached hydrogen (secondary N) is 1. The largest absolute Gasteiger partial charge is 0.519 e. The van der Waals surface area contributed by atoms with E-state index in [9.17, 15) is 14.7 Å².